The Morgan fingerprint density at radius 2 is 2.33 bits per heavy atom. The minimum absolute atomic E-state index is 0.130. The summed E-state index contributed by atoms with van der Waals surface area (Å²) in [4.78, 5) is 22.5. The molecule has 1 unspecified atom stereocenters. The standard InChI is InChI=1S/C9H14N4O2/c14-8-2-1-7(12-13-8)9(15)11-6-3-4-10-5-6/h6,10H,1-5H2,(H,11,15)(H,13,14). The molecule has 2 aliphatic heterocycles. The molecular weight excluding hydrogens is 196 g/mol. The number of hydrogen-bond donors (Lipinski definition) is 3. The summed E-state index contributed by atoms with van der Waals surface area (Å²) in [5.74, 6) is -0.294. The second-order valence-corrected chi connectivity index (χ2v) is 3.76. The lowest BCUT2D eigenvalue weighted by Crippen LogP contribution is -2.42. The molecule has 3 N–H and O–H groups in total. The Kier molecular flexibility index (Phi) is 2.96. The van der Waals surface area contributed by atoms with E-state index in [1.165, 1.54) is 0 Å². The van der Waals surface area contributed by atoms with E-state index in [0.29, 0.717) is 18.6 Å². The van der Waals surface area contributed by atoms with Crippen LogP contribution in [0.3, 0.4) is 0 Å². The molecule has 0 bridgehead atoms. The maximum absolute atomic E-state index is 11.6. The van der Waals surface area contributed by atoms with Crippen molar-refractivity contribution in [2.75, 3.05) is 13.1 Å². The molecule has 6 nitrogen and oxygen atoms in total. The fraction of sp³-hybridized carbons (Fsp3) is 0.667. The summed E-state index contributed by atoms with van der Waals surface area (Å²) in [5, 5.41) is 9.78. The molecule has 0 aromatic rings. The van der Waals surface area contributed by atoms with Crippen LogP contribution in [0.15, 0.2) is 5.10 Å². The normalized spacial score (nSPS) is 25.7. The van der Waals surface area contributed by atoms with Gasteiger partial charge in [0.25, 0.3) is 5.91 Å². The third-order valence-corrected chi connectivity index (χ3v) is 2.56. The van der Waals surface area contributed by atoms with Gasteiger partial charge in [0.15, 0.2) is 0 Å². The van der Waals surface area contributed by atoms with E-state index in [2.05, 4.69) is 21.2 Å². The van der Waals surface area contributed by atoms with Crippen LogP contribution in [-0.2, 0) is 9.59 Å². The first-order chi connectivity index (χ1) is 7.25. The van der Waals surface area contributed by atoms with E-state index in [9.17, 15) is 9.59 Å². The smallest absolute Gasteiger partial charge is 0.267 e. The first kappa shape index (κ1) is 10.1. The predicted octanol–water partition coefficient (Wildman–Crippen LogP) is -1.27. The summed E-state index contributed by atoms with van der Waals surface area (Å²) in [6.45, 7) is 1.75. The number of hydrazone groups is 1. The third-order valence-electron chi connectivity index (χ3n) is 2.56. The molecule has 0 aromatic heterocycles. The Morgan fingerprint density at radius 1 is 1.47 bits per heavy atom. The van der Waals surface area contributed by atoms with Gasteiger partial charge in [0.05, 0.1) is 0 Å². The van der Waals surface area contributed by atoms with Crippen molar-refractivity contribution in [3.05, 3.63) is 0 Å². The summed E-state index contributed by atoms with van der Waals surface area (Å²) < 4.78 is 0. The Labute approximate surface area is 87.5 Å². The highest BCUT2D eigenvalue weighted by atomic mass is 16.2. The van der Waals surface area contributed by atoms with Crippen molar-refractivity contribution in [2.45, 2.75) is 25.3 Å². The topological polar surface area (TPSA) is 82.6 Å². The van der Waals surface area contributed by atoms with Crippen molar-refractivity contribution >= 4 is 17.5 Å². The minimum atomic E-state index is -0.163. The van der Waals surface area contributed by atoms with Gasteiger partial charge in [-0.2, -0.15) is 5.10 Å². The predicted molar refractivity (Wildman–Crippen MR) is 54.2 cm³/mol. The summed E-state index contributed by atoms with van der Waals surface area (Å²) in [6.07, 6.45) is 1.72. The van der Waals surface area contributed by atoms with Gasteiger partial charge in [-0.25, -0.2) is 5.43 Å². The van der Waals surface area contributed by atoms with Gasteiger partial charge in [-0.3, -0.25) is 9.59 Å². The van der Waals surface area contributed by atoms with Crippen LogP contribution in [0, 0.1) is 0 Å². The highest BCUT2D eigenvalue weighted by Gasteiger charge is 2.22. The molecule has 0 radical (unpaired) electrons. The zero-order valence-electron chi connectivity index (χ0n) is 8.38. The van der Waals surface area contributed by atoms with Crippen LogP contribution >= 0.6 is 0 Å². The number of carbonyl (C=O) groups is 2. The number of nitrogens with one attached hydrogen (secondary N) is 3. The molecule has 2 rings (SSSR count). The third kappa shape index (κ3) is 2.53. The molecule has 0 aliphatic carbocycles. The molecule has 15 heavy (non-hydrogen) atoms. The lowest BCUT2D eigenvalue weighted by molar-refractivity contribution is -0.121. The van der Waals surface area contributed by atoms with E-state index in [4.69, 9.17) is 0 Å². The summed E-state index contributed by atoms with van der Waals surface area (Å²) in [6, 6.07) is 0.192. The van der Waals surface area contributed by atoms with Crippen molar-refractivity contribution in [2.24, 2.45) is 5.10 Å². The van der Waals surface area contributed by atoms with Crippen LogP contribution in [0.5, 0.6) is 0 Å². The van der Waals surface area contributed by atoms with Gasteiger partial charge < -0.3 is 10.6 Å². The van der Waals surface area contributed by atoms with Crippen molar-refractivity contribution in [1.29, 1.82) is 0 Å². The van der Waals surface area contributed by atoms with E-state index in [-0.39, 0.29) is 17.9 Å². The molecule has 6 heteroatoms. The molecule has 1 atom stereocenters. The molecule has 2 heterocycles. The molecule has 0 saturated carbocycles. The average Bonchev–Trinajstić information content (AvgIpc) is 2.71. The second-order valence-electron chi connectivity index (χ2n) is 3.76. The first-order valence-electron chi connectivity index (χ1n) is 5.12. The van der Waals surface area contributed by atoms with Gasteiger partial charge in [-0.1, -0.05) is 0 Å². The Hall–Kier alpha value is -1.43. The van der Waals surface area contributed by atoms with Crippen LogP contribution in [0.2, 0.25) is 0 Å². The van der Waals surface area contributed by atoms with Crippen LogP contribution in [0.4, 0.5) is 0 Å². The summed E-state index contributed by atoms with van der Waals surface area (Å²) in [5.41, 5.74) is 2.73. The lowest BCUT2D eigenvalue weighted by Gasteiger charge is -2.14. The van der Waals surface area contributed by atoms with Gasteiger partial charge in [0.1, 0.15) is 5.71 Å². The zero-order chi connectivity index (χ0) is 10.7. The Morgan fingerprint density at radius 3 is 2.93 bits per heavy atom. The largest absolute Gasteiger partial charge is 0.347 e. The maximum atomic E-state index is 11.6. The number of rotatable bonds is 2. The lowest BCUT2D eigenvalue weighted by atomic mass is 10.1. The van der Waals surface area contributed by atoms with E-state index in [1.54, 1.807) is 0 Å². The van der Waals surface area contributed by atoms with Gasteiger partial charge in [-0.05, 0) is 13.0 Å². The molecule has 1 saturated heterocycles. The van der Waals surface area contributed by atoms with Crippen LogP contribution in [-0.4, -0.2) is 36.7 Å². The van der Waals surface area contributed by atoms with E-state index in [0.717, 1.165) is 19.5 Å². The fourth-order valence-corrected chi connectivity index (χ4v) is 1.68. The quantitative estimate of drug-likeness (QED) is 0.531. The molecule has 1 fully saturated rings. The molecular formula is C9H14N4O2. The van der Waals surface area contributed by atoms with Crippen molar-refractivity contribution in [3.8, 4) is 0 Å². The van der Waals surface area contributed by atoms with Gasteiger partial charge in [-0.15, -0.1) is 0 Å². The minimum Gasteiger partial charge on any atom is -0.347 e. The number of nitrogens with zero attached hydrogens (tertiary/aromatic N) is 1. The molecule has 0 aromatic carbocycles. The molecule has 82 valence electrons. The summed E-state index contributed by atoms with van der Waals surface area (Å²) >= 11 is 0. The van der Waals surface area contributed by atoms with E-state index >= 15 is 0 Å². The number of carbonyl (C=O) groups excluding carboxylic acids is 2. The Bertz CT molecular complexity index is 307. The van der Waals surface area contributed by atoms with Gasteiger partial charge in [0, 0.05) is 25.4 Å². The molecule has 0 spiro atoms. The monoisotopic (exact) mass is 210 g/mol. The summed E-state index contributed by atoms with van der Waals surface area (Å²) in [7, 11) is 0. The maximum Gasteiger partial charge on any atom is 0.267 e. The number of amides is 2. The zero-order valence-corrected chi connectivity index (χ0v) is 8.38. The second kappa shape index (κ2) is 4.39. The van der Waals surface area contributed by atoms with Crippen molar-refractivity contribution < 1.29 is 9.59 Å². The number of hydrogen-bond acceptors (Lipinski definition) is 4. The average molecular weight is 210 g/mol. The molecule has 2 aliphatic rings. The highest BCUT2D eigenvalue weighted by molar-refractivity contribution is 6.39. The van der Waals surface area contributed by atoms with Crippen molar-refractivity contribution in [3.63, 3.8) is 0 Å². The van der Waals surface area contributed by atoms with Crippen LogP contribution < -0.4 is 16.1 Å². The highest BCUT2D eigenvalue weighted by Crippen LogP contribution is 2.02. The fourth-order valence-electron chi connectivity index (χ4n) is 1.68. The molecule has 2 amide bonds. The van der Waals surface area contributed by atoms with E-state index < -0.39 is 0 Å². The SMILES string of the molecule is O=C1CCC(C(=O)NC2CCNC2)=NN1. The van der Waals surface area contributed by atoms with Gasteiger partial charge in [0.2, 0.25) is 5.91 Å². The van der Waals surface area contributed by atoms with Crippen LogP contribution in [0.1, 0.15) is 19.3 Å². The van der Waals surface area contributed by atoms with E-state index in [1.807, 2.05) is 0 Å². The van der Waals surface area contributed by atoms with Gasteiger partial charge >= 0.3 is 0 Å². The first-order valence-corrected chi connectivity index (χ1v) is 5.12. The Balaban J connectivity index is 1.87. The van der Waals surface area contributed by atoms with Crippen molar-refractivity contribution in [1.82, 2.24) is 16.1 Å². The van der Waals surface area contributed by atoms with Crippen LogP contribution in [0.25, 0.3) is 0 Å².